The zero-order chi connectivity index (χ0) is 22.1. The molecule has 9 nitrogen and oxygen atoms in total. The first-order chi connectivity index (χ1) is 15.1. The van der Waals surface area contributed by atoms with Crippen LogP contribution in [0.5, 0.6) is 5.75 Å². The van der Waals surface area contributed by atoms with Gasteiger partial charge in [-0.1, -0.05) is 49.4 Å². The smallest absolute Gasteiger partial charge is 0.408 e. The van der Waals surface area contributed by atoms with E-state index in [0.717, 1.165) is 10.5 Å². The first-order valence-electron chi connectivity index (χ1n) is 9.67. The van der Waals surface area contributed by atoms with Gasteiger partial charge in [0, 0.05) is 0 Å². The monoisotopic (exact) mass is 441 g/mol. The van der Waals surface area contributed by atoms with Crippen LogP contribution in [0.4, 0.5) is 4.79 Å². The number of ether oxygens (including phenoxy) is 2. The molecular weight excluding hydrogens is 418 g/mol. The highest BCUT2D eigenvalue weighted by Gasteiger charge is 2.21. The van der Waals surface area contributed by atoms with Gasteiger partial charge in [0.2, 0.25) is 5.16 Å². The number of hydrogen-bond acceptors (Lipinski definition) is 8. The Morgan fingerprint density at radius 2 is 1.87 bits per heavy atom. The van der Waals surface area contributed by atoms with Gasteiger partial charge < -0.3 is 14.8 Å². The van der Waals surface area contributed by atoms with Gasteiger partial charge in [0.15, 0.2) is 5.78 Å². The van der Waals surface area contributed by atoms with Crippen LogP contribution < -0.4 is 10.1 Å². The van der Waals surface area contributed by atoms with Crippen molar-refractivity contribution in [1.29, 1.82) is 0 Å². The molecule has 0 spiro atoms. The summed E-state index contributed by atoms with van der Waals surface area (Å²) in [5.74, 6) is 0.453. The second-order valence-electron chi connectivity index (χ2n) is 6.49. The third-order valence-corrected chi connectivity index (χ3v) is 5.21. The number of amides is 1. The van der Waals surface area contributed by atoms with Crippen LogP contribution in [0.2, 0.25) is 0 Å². The Morgan fingerprint density at radius 1 is 1.13 bits per heavy atom. The standard InChI is InChI=1S/C21H23N5O4S/c1-3-16(22-21(28)30-14-15-9-5-4-6-10-15)17(27)13-26-24-20(23-25-26)31-19-12-8-7-11-18(19)29-2/h4-12,16H,3,13-14H2,1-2H3,(H,22,28). The average molecular weight is 442 g/mol. The van der Waals surface area contributed by atoms with Gasteiger partial charge in [0.1, 0.15) is 18.9 Å². The van der Waals surface area contributed by atoms with Gasteiger partial charge in [-0.15, -0.1) is 10.2 Å². The highest BCUT2D eigenvalue weighted by molar-refractivity contribution is 7.99. The topological polar surface area (TPSA) is 108 Å². The SMILES string of the molecule is CCC(NC(=O)OCc1ccccc1)C(=O)Cn1nnc(Sc2ccccc2OC)n1. The summed E-state index contributed by atoms with van der Waals surface area (Å²) >= 11 is 1.28. The molecule has 1 atom stereocenters. The van der Waals surface area contributed by atoms with Crippen LogP contribution in [0, 0.1) is 0 Å². The summed E-state index contributed by atoms with van der Waals surface area (Å²) in [5.41, 5.74) is 0.865. The molecule has 1 aromatic heterocycles. The average Bonchev–Trinajstić information content (AvgIpc) is 3.23. The number of carbonyl (C=O) groups excluding carboxylic acids is 2. The molecule has 0 fully saturated rings. The van der Waals surface area contributed by atoms with Crippen LogP contribution in [0.25, 0.3) is 0 Å². The summed E-state index contributed by atoms with van der Waals surface area (Å²) < 4.78 is 10.5. The van der Waals surface area contributed by atoms with E-state index in [1.54, 1.807) is 14.0 Å². The molecule has 0 aliphatic rings. The molecule has 10 heteroatoms. The van der Waals surface area contributed by atoms with Crippen molar-refractivity contribution < 1.29 is 19.1 Å². The van der Waals surface area contributed by atoms with E-state index in [1.165, 1.54) is 16.6 Å². The summed E-state index contributed by atoms with van der Waals surface area (Å²) in [5, 5.41) is 15.1. The lowest BCUT2D eigenvalue weighted by molar-refractivity contribution is -0.122. The zero-order valence-corrected chi connectivity index (χ0v) is 18.0. The maximum Gasteiger partial charge on any atom is 0.408 e. The Hall–Kier alpha value is -3.40. The van der Waals surface area contributed by atoms with Crippen LogP contribution in [-0.4, -0.2) is 45.2 Å². The molecular formula is C21H23N5O4S. The fourth-order valence-corrected chi connectivity index (χ4v) is 3.51. The summed E-state index contributed by atoms with van der Waals surface area (Å²) in [4.78, 5) is 26.7. The van der Waals surface area contributed by atoms with Gasteiger partial charge in [-0.2, -0.15) is 4.80 Å². The summed E-state index contributed by atoms with van der Waals surface area (Å²) in [7, 11) is 1.59. The second kappa shape index (κ2) is 11.1. The third-order valence-electron chi connectivity index (χ3n) is 4.30. The lowest BCUT2D eigenvalue weighted by atomic mass is 10.1. The van der Waals surface area contributed by atoms with Crippen LogP contribution in [0.15, 0.2) is 64.6 Å². The van der Waals surface area contributed by atoms with Gasteiger partial charge in [0.25, 0.3) is 0 Å². The molecule has 1 N–H and O–H groups in total. The quantitative estimate of drug-likeness (QED) is 0.511. The first-order valence-corrected chi connectivity index (χ1v) is 10.5. The van der Waals surface area contributed by atoms with E-state index in [0.29, 0.717) is 17.3 Å². The van der Waals surface area contributed by atoms with Gasteiger partial charge in [0.05, 0.1) is 18.0 Å². The normalized spacial score (nSPS) is 11.5. The van der Waals surface area contributed by atoms with Crippen LogP contribution in [0.3, 0.4) is 0 Å². The number of ketones is 1. The number of methoxy groups -OCH3 is 1. The van der Waals surface area contributed by atoms with Crippen LogP contribution >= 0.6 is 11.8 Å². The number of aromatic nitrogens is 4. The molecule has 3 aromatic rings. The molecule has 2 aromatic carbocycles. The molecule has 1 unspecified atom stereocenters. The van der Waals surface area contributed by atoms with E-state index in [1.807, 2.05) is 54.6 Å². The highest BCUT2D eigenvalue weighted by atomic mass is 32.2. The number of rotatable bonds is 10. The Kier molecular flexibility index (Phi) is 7.99. The Labute approximate surface area is 184 Å². The lowest BCUT2D eigenvalue weighted by Gasteiger charge is -2.15. The molecule has 0 bridgehead atoms. The molecule has 1 heterocycles. The number of hydrogen-bond donors (Lipinski definition) is 1. The molecule has 0 saturated heterocycles. The van der Waals surface area contributed by atoms with Gasteiger partial charge in [-0.25, -0.2) is 4.79 Å². The predicted molar refractivity (Wildman–Crippen MR) is 114 cm³/mol. The number of tetrazole rings is 1. The number of nitrogens with one attached hydrogen (secondary N) is 1. The molecule has 3 rings (SSSR count). The maximum absolute atomic E-state index is 12.6. The van der Waals surface area contributed by atoms with Crippen molar-refractivity contribution in [1.82, 2.24) is 25.5 Å². The fraction of sp³-hybridized carbons (Fsp3) is 0.286. The van der Waals surface area contributed by atoms with E-state index >= 15 is 0 Å². The molecule has 0 radical (unpaired) electrons. The minimum Gasteiger partial charge on any atom is -0.496 e. The predicted octanol–water partition coefficient (Wildman–Crippen LogP) is 3.11. The molecule has 162 valence electrons. The molecule has 0 aliphatic carbocycles. The number of Topliss-reactive ketones (excluding diaryl/α,β-unsaturated/α-hetero) is 1. The van der Waals surface area contributed by atoms with Gasteiger partial charge >= 0.3 is 6.09 Å². The van der Waals surface area contributed by atoms with E-state index in [9.17, 15) is 9.59 Å². The molecule has 0 aliphatic heterocycles. The number of nitrogens with zero attached hydrogens (tertiary/aromatic N) is 4. The Morgan fingerprint density at radius 3 is 2.61 bits per heavy atom. The third kappa shape index (κ3) is 6.54. The van der Waals surface area contributed by atoms with Crippen molar-refractivity contribution in [3.63, 3.8) is 0 Å². The zero-order valence-electron chi connectivity index (χ0n) is 17.2. The maximum atomic E-state index is 12.6. The van der Waals surface area contributed by atoms with Crippen LogP contribution in [-0.2, 0) is 22.7 Å². The lowest BCUT2D eigenvalue weighted by Crippen LogP contribution is -2.42. The highest BCUT2D eigenvalue weighted by Crippen LogP contribution is 2.32. The van der Waals surface area contributed by atoms with Crippen molar-refractivity contribution in [3.05, 3.63) is 60.2 Å². The largest absolute Gasteiger partial charge is 0.496 e. The van der Waals surface area contributed by atoms with E-state index in [-0.39, 0.29) is 18.9 Å². The fourth-order valence-electron chi connectivity index (χ4n) is 2.70. The van der Waals surface area contributed by atoms with Crippen molar-refractivity contribution in [2.45, 2.75) is 42.6 Å². The van der Waals surface area contributed by atoms with Gasteiger partial charge in [-0.05, 0) is 41.1 Å². The molecule has 31 heavy (non-hydrogen) atoms. The second-order valence-corrected chi connectivity index (χ2v) is 7.50. The van der Waals surface area contributed by atoms with Crippen LogP contribution in [0.1, 0.15) is 18.9 Å². The van der Waals surface area contributed by atoms with Gasteiger partial charge in [-0.3, -0.25) is 4.79 Å². The van der Waals surface area contributed by atoms with Crippen molar-refractivity contribution in [2.24, 2.45) is 0 Å². The summed E-state index contributed by atoms with van der Waals surface area (Å²) in [6, 6.07) is 16.1. The van der Waals surface area contributed by atoms with E-state index in [2.05, 4.69) is 20.7 Å². The number of carbonyl (C=O) groups is 2. The van der Waals surface area contributed by atoms with Crippen molar-refractivity contribution in [3.8, 4) is 5.75 Å². The van der Waals surface area contributed by atoms with Crippen molar-refractivity contribution >= 4 is 23.6 Å². The molecule has 0 saturated carbocycles. The number of benzene rings is 2. The molecule has 1 amide bonds. The number of alkyl carbamates (subject to hydrolysis) is 1. The van der Waals surface area contributed by atoms with Crippen molar-refractivity contribution in [2.75, 3.05) is 7.11 Å². The van der Waals surface area contributed by atoms with E-state index < -0.39 is 12.1 Å². The first kappa shape index (κ1) is 22.3. The minimum atomic E-state index is -0.709. The number of para-hydroxylation sites is 1. The Balaban J connectivity index is 1.53. The minimum absolute atomic E-state index is 0.114. The Bertz CT molecular complexity index is 1010. The summed E-state index contributed by atoms with van der Waals surface area (Å²) in [6.07, 6.45) is -0.237. The van der Waals surface area contributed by atoms with E-state index in [4.69, 9.17) is 9.47 Å². The summed E-state index contributed by atoms with van der Waals surface area (Å²) in [6.45, 7) is 1.82.